The Morgan fingerprint density at radius 2 is 1.95 bits per heavy atom. The Morgan fingerprint density at radius 1 is 1.20 bits per heavy atom. The van der Waals surface area contributed by atoms with E-state index in [0.29, 0.717) is 16.4 Å². The molecule has 1 heterocycles. The summed E-state index contributed by atoms with van der Waals surface area (Å²) in [7, 11) is -2.10. The van der Waals surface area contributed by atoms with Crippen molar-refractivity contribution in [3.63, 3.8) is 0 Å². The Bertz CT molecular complexity index is 732. The average molecular weight is 312 g/mol. The van der Waals surface area contributed by atoms with Crippen molar-refractivity contribution in [1.82, 2.24) is 4.98 Å². The molecule has 1 aromatic carbocycles. The van der Waals surface area contributed by atoms with Crippen molar-refractivity contribution < 1.29 is 8.42 Å². The highest BCUT2D eigenvalue weighted by Crippen LogP contribution is 2.27. The number of aromatic nitrogens is 1. The van der Waals surface area contributed by atoms with Crippen molar-refractivity contribution in [2.45, 2.75) is 11.8 Å². The van der Waals surface area contributed by atoms with Gasteiger partial charge in [0.1, 0.15) is 4.90 Å². The fourth-order valence-electron chi connectivity index (χ4n) is 1.70. The summed E-state index contributed by atoms with van der Waals surface area (Å²) in [5.41, 5.74) is 1.76. The van der Waals surface area contributed by atoms with E-state index in [1.165, 1.54) is 12.4 Å². The van der Waals surface area contributed by atoms with Crippen LogP contribution in [0.2, 0.25) is 5.02 Å². The molecule has 20 heavy (non-hydrogen) atoms. The molecule has 5 nitrogen and oxygen atoms in total. The number of hydrogen-bond donors (Lipinski definition) is 2. The fraction of sp³-hybridized carbons (Fsp3) is 0.154. The van der Waals surface area contributed by atoms with E-state index in [4.69, 9.17) is 11.6 Å². The summed E-state index contributed by atoms with van der Waals surface area (Å²) in [6.45, 7) is 1.88. The maximum atomic E-state index is 12.4. The number of benzene rings is 1. The topological polar surface area (TPSA) is 71.1 Å². The summed E-state index contributed by atoms with van der Waals surface area (Å²) in [5.74, 6) is 0. The van der Waals surface area contributed by atoms with Gasteiger partial charge in [0.25, 0.3) is 10.0 Å². The van der Waals surface area contributed by atoms with Crippen LogP contribution in [0.3, 0.4) is 0 Å². The second-order valence-corrected chi connectivity index (χ2v) is 6.27. The lowest BCUT2D eigenvalue weighted by Gasteiger charge is -2.12. The van der Waals surface area contributed by atoms with Crippen LogP contribution in [0.1, 0.15) is 5.56 Å². The molecule has 2 N–H and O–H groups in total. The van der Waals surface area contributed by atoms with Gasteiger partial charge in [-0.15, -0.1) is 0 Å². The Morgan fingerprint density at radius 3 is 2.60 bits per heavy atom. The lowest BCUT2D eigenvalue weighted by Crippen LogP contribution is -2.15. The van der Waals surface area contributed by atoms with Crippen LogP contribution >= 0.6 is 11.6 Å². The zero-order chi connectivity index (χ0) is 14.8. The third-order valence-corrected chi connectivity index (χ3v) is 4.42. The van der Waals surface area contributed by atoms with Crippen molar-refractivity contribution in [3.05, 3.63) is 47.2 Å². The van der Waals surface area contributed by atoms with Crippen LogP contribution in [0.25, 0.3) is 0 Å². The first-order valence-corrected chi connectivity index (χ1v) is 7.71. The summed E-state index contributed by atoms with van der Waals surface area (Å²) in [6, 6.07) is 6.70. The molecule has 0 amide bonds. The molecular formula is C13H14ClN3O2S. The zero-order valence-corrected chi connectivity index (χ0v) is 12.6. The first kappa shape index (κ1) is 14.6. The third kappa shape index (κ3) is 3.02. The number of anilines is 2. The Hall–Kier alpha value is -1.79. The summed E-state index contributed by atoms with van der Waals surface area (Å²) in [6.07, 6.45) is 2.81. The molecule has 106 valence electrons. The van der Waals surface area contributed by atoms with Gasteiger partial charge in [0, 0.05) is 19.4 Å². The van der Waals surface area contributed by atoms with Crippen LogP contribution in [0.15, 0.2) is 41.6 Å². The molecule has 2 aromatic rings. The first-order chi connectivity index (χ1) is 9.44. The summed E-state index contributed by atoms with van der Waals surface area (Å²) in [4.78, 5) is 3.91. The molecule has 1 aromatic heterocycles. The number of aryl methyl sites for hydroxylation is 1. The molecule has 7 heteroatoms. The average Bonchev–Trinajstić information content (AvgIpc) is 2.42. The van der Waals surface area contributed by atoms with Crippen molar-refractivity contribution in [3.8, 4) is 0 Å². The maximum Gasteiger partial charge on any atom is 0.265 e. The lowest BCUT2D eigenvalue weighted by atomic mass is 10.2. The van der Waals surface area contributed by atoms with E-state index in [2.05, 4.69) is 15.0 Å². The smallest absolute Gasteiger partial charge is 0.265 e. The minimum atomic E-state index is -3.75. The van der Waals surface area contributed by atoms with Crippen LogP contribution in [0.4, 0.5) is 11.4 Å². The summed E-state index contributed by atoms with van der Waals surface area (Å²) >= 11 is 6.04. The van der Waals surface area contributed by atoms with Gasteiger partial charge in [0.2, 0.25) is 0 Å². The van der Waals surface area contributed by atoms with Gasteiger partial charge in [-0.2, -0.15) is 0 Å². The fourth-order valence-corrected chi connectivity index (χ4v) is 3.28. The number of pyridine rings is 1. The van der Waals surface area contributed by atoms with E-state index in [0.717, 1.165) is 5.56 Å². The van der Waals surface area contributed by atoms with E-state index in [1.807, 2.05) is 6.92 Å². The maximum absolute atomic E-state index is 12.4. The van der Waals surface area contributed by atoms with Gasteiger partial charge in [0.15, 0.2) is 0 Å². The molecule has 0 saturated carbocycles. The second kappa shape index (κ2) is 5.68. The van der Waals surface area contributed by atoms with E-state index < -0.39 is 10.0 Å². The summed E-state index contributed by atoms with van der Waals surface area (Å²) in [5, 5.41) is 3.17. The van der Waals surface area contributed by atoms with Crippen molar-refractivity contribution in [2.75, 3.05) is 17.1 Å². The van der Waals surface area contributed by atoms with Gasteiger partial charge in [0.05, 0.1) is 16.4 Å². The molecule has 0 unspecified atom stereocenters. The minimum absolute atomic E-state index is 0.0686. The van der Waals surface area contributed by atoms with Gasteiger partial charge < -0.3 is 5.32 Å². The van der Waals surface area contributed by atoms with Crippen LogP contribution in [-0.4, -0.2) is 20.4 Å². The normalized spacial score (nSPS) is 11.2. The highest BCUT2D eigenvalue weighted by atomic mass is 35.5. The molecule has 0 radical (unpaired) electrons. The number of hydrogen-bond acceptors (Lipinski definition) is 4. The molecule has 0 aliphatic carbocycles. The first-order valence-electron chi connectivity index (χ1n) is 5.85. The van der Waals surface area contributed by atoms with Crippen LogP contribution < -0.4 is 10.0 Å². The van der Waals surface area contributed by atoms with Gasteiger partial charge in [-0.3, -0.25) is 9.71 Å². The van der Waals surface area contributed by atoms with E-state index in [1.54, 1.807) is 31.3 Å². The Kier molecular flexibility index (Phi) is 4.15. The van der Waals surface area contributed by atoms with Crippen LogP contribution in [-0.2, 0) is 10.0 Å². The van der Waals surface area contributed by atoms with Crippen molar-refractivity contribution in [1.29, 1.82) is 0 Å². The largest absolute Gasteiger partial charge is 0.387 e. The van der Waals surface area contributed by atoms with Gasteiger partial charge in [-0.25, -0.2) is 8.42 Å². The van der Waals surface area contributed by atoms with Gasteiger partial charge in [-0.05, 0) is 30.7 Å². The quantitative estimate of drug-likeness (QED) is 0.911. The van der Waals surface area contributed by atoms with Crippen molar-refractivity contribution >= 4 is 33.0 Å². The molecule has 0 aliphatic heterocycles. The third-order valence-electron chi connectivity index (χ3n) is 2.71. The van der Waals surface area contributed by atoms with E-state index in [-0.39, 0.29) is 4.90 Å². The number of halogens is 1. The number of rotatable bonds is 4. The van der Waals surface area contributed by atoms with E-state index >= 15 is 0 Å². The number of sulfonamides is 1. The molecule has 0 bridgehead atoms. The molecule has 0 aliphatic rings. The summed E-state index contributed by atoms with van der Waals surface area (Å²) < 4.78 is 27.2. The molecule has 2 rings (SSSR count). The predicted molar refractivity (Wildman–Crippen MR) is 80.8 cm³/mol. The Balaban J connectivity index is 2.41. The number of nitrogens with one attached hydrogen (secondary N) is 2. The highest BCUT2D eigenvalue weighted by molar-refractivity contribution is 7.92. The standard InChI is InChI=1S/C13H14ClN3O2S/c1-9-3-4-11(10(14)7-9)17-20(18,19)13-8-16-6-5-12(13)15-2/h3-8,17H,1-2H3,(H,15,16). The molecule has 0 fully saturated rings. The predicted octanol–water partition coefficient (Wildman–Crippen LogP) is 2.89. The van der Waals surface area contributed by atoms with E-state index in [9.17, 15) is 8.42 Å². The molecule has 0 atom stereocenters. The lowest BCUT2D eigenvalue weighted by molar-refractivity contribution is 0.601. The minimum Gasteiger partial charge on any atom is -0.387 e. The molecule has 0 saturated heterocycles. The van der Waals surface area contributed by atoms with Crippen LogP contribution in [0, 0.1) is 6.92 Å². The SMILES string of the molecule is CNc1ccncc1S(=O)(=O)Nc1ccc(C)cc1Cl. The highest BCUT2D eigenvalue weighted by Gasteiger charge is 2.19. The zero-order valence-electron chi connectivity index (χ0n) is 11.0. The second-order valence-electron chi connectivity index (χ2n) is 4.21. The van der Waals surface area contributed by atoms with Gasteiger partial charge in [-0.1, -0.05) is 17.7 Å². The Labute approximate surface area is 123 Å². The number of nitrogens with zero attached hydrogens (tertiary/aromatic N) is 1. The molecular weight excluding hydrogens is 298 g/mol. The molecule has 0 spiro atoms. The van der Waals surface area contributed by atoms with Crippen molar-refractivity contribution in [2.24, 2.45) is 0 Å². The monoisotopic (exact) mass is 311 g/mol. The van der Waals surface area contributed by atoms with Gasteiger partial charge >= 0.3 is 0 Å². The van der Waals surface area contributed by atoms with Crippen LogP contribution in [0.5, 0.6) is 0 Å².